The van der Waals surface area contributed by atoms with Gasteiger partial charge in [0, 0.05) is 6.42 Å². The summed E-state index contributed by atoms with van der Waals surface area (Å²) in [6.45, 7) is 1.77. The molecule has 0 bridgehead atoms. The van der Waals surface area contributed by atoms with Gasteiger partial charge in [-0.2, -0.15) is 13.5 Å². The van der Waals surface area contributed by atoms with Gasteiger partial charge in [0.2, 0.25) is 0 Å². The van der Waals surface area contributed by atoms with Crippen molar-refractivity contribution in [3.05, 3.63) is 66.0 Å². The highest BCUT2D eigenvalue weighted by Gasteiger charge is 2.38. The summed E-state index contributed by atoms with van der Waals surface area (Å²) < 4.78 is 36.6. The molecular formula is C24H25F2N5O3. The van der Waals surface area contributed by atoms with Crippen LogP contribution < -0.4 is 14.8 Å². The zero-order valence-electron chi connectivity index (χ0n) is 18.9. The van der Waals surface area contributed by atoms with Crippen molar-refractivity contribution in [3.63, 3.8) is 0 Å². The van der Waals surface area contributed by atoms with E-state index in [4.69, 9.17) is 4.74 Å². The van der Waals surface area contributed by atoms with Gasteiger partial charge in [-0.1, -0.05) is 37.6 Å². The number of hydrogen-bond donors (Lipinski definition) is 1. The van der Waals surface area contributed by atoms with Gasteiger partial charge in [0.15, 0.2) is 0 Å². The van der Waals surface area contributed by atoms with Gasteiger partial charge < -0.3 is 14.8 Å². The van der Waals surface area contributed by atoms with Gasteiger partial charge in [-0.3, -0.25) is 4.79 Å². The molecule has 0 saturated carbocycles. The number of halogens is 2. The molecule has 0 saturated heterocycles. The van der Waals surface area contributed by atoms with Crippen LogP contribution in [0.25, 0.3) is 11.3 Å². The smallest absolute Gasteiger partial charge is 0.387 e. The Morgan fingerprint density at radius 3 is 2.44 bits per heavy atom. The molecule has 1 amide bonds. The number of carbonyl (C=O) groups excluding carboxylic acids is 1. The normalized spacial score (nSPS) is 18.2. The third-order valence-corrected chi connectivity index (χ3v) is 5.68. The second-order valence-corrected chi connectivity index (χ2v) is 8.17. The van der Waals surface area contributed by atoms with Crippen molar-refractivity contribution in [1.82, 2.24) is 25.5 Å². The van der Waals surface area contributed by atoms with E-state index >= 15 is 0 Å². The van der Waals surface area contributed by atoms with E-state index in [0.29, 0.717) is 24.2 Å². The Morgan fingerprint density at radius 1 is 1.12 bits per heavy atom. The maximum atomic E-state index is 13.3. The molecule has 34 heavy (non-hydrogen) atoms. The minimum absolute atomic E-state index is 0.0324. The van der Waals surface area contributed by atoms with Crippen LogP contribution in [0.1, 0.15) is 44.2 Å². The standard InChI is InChI=1S/C24H25F2N5O3/c1-3-4-13-33-18-11-7-17(8-12-18)24(2)14-20(16-5-9-19(10-6-16)34-23(25)26)21(22(32)28-24)31-15-27-29-30-31/h5-12,15,23H,3-4,13-14H2,1-2H3,(H,28,32)/t24-/m0/s1. The molecule has 8 nitrogen and oxygen atoms in total. The Labute approximate surface area is 195 Å². The molecule has 1 aliphatic heterocycles. The summed E-state index contributed by atoms with van der Waals surface area (Å²) in [5, 5.41) is 14.3. The molecule has 1 aliphatic rings. The van der Waals surface area contributed by atoms with Crippen LogP contribution in [0, 0.1) is 0 Å². The summed E-state index contributed by atoms with van der Waals surface area (Å²) in [6.07, 6.45) is 3.79. The molecule has 0 unspecified atom stereocenters. The van der Waals surface area contributed by atoms with E-state index in [9.17, 15) is 13.6 Å². The van der Waals surface area contributed by atoms with Crippen LogP contribution in [-0.2, 0) is 10.3 Å². The lowest BCUT2D eigenvalue weighted by Crippen LogP contribution is -2.48. The van der Waals surface area contributed by atoms with E-state index in [1.54, 1.807) is 12.1 Å². The van der Waals surface area contributed by atoms with E-state index in [-0.39, 0.29) is 17.4 Å². The molecule has 0 radical (unpaired) electrons. The van der Waals surface area contributed by atoms with Crippen molar-refractivity contribution in [2.45, 2.75) is 45.3 Å². The fraction of sp³-hybridized carbons (Fsp3) is 0.333. The van der Waals surface area contributed by atoms with Crippen LogP contribution >= 0.6 is 0 Å². The Morgan fingerprint density at radius 2 is 1.82 bits per heavy atom. The molecule has 178 valence electrons. The first-order valence-corrected chi connectivity index (χ1v) is 11.0. The topological polar surface area (TPSA) is 91.2 Å². The highest BCUT2D eigenvalue weighted by atomic mass is 19.3. The Balaban J connectivity index is 1.68. The zero-order chi connectivity index (χ0) is 24.1. The highest BCUT2D eigenvalue weighted by molar-refractivity contribution is 6.22. The number of aromatic nitrogens is 4. The largest absolute Gasteiger partial charge is 0.494 e. The molecule has 2 aromatic carbocycles. The van der Waals surface area contributed by atoms with Gasteiger partial charge in [0.25, 0.3) is 5.91 Å². The Kier molecular flexibility index (Phi) is 6.85. The molecule has 0 fully saturated rings. The maximum Gasteiger partial charge on any atom is 0.387 e. The Hall–Kier alpha value is -3.82. The number of benzene rings is 2. The lowest BCUT2D eigenvalue weighted by molar-refractivity contribution is -0.118. The Bertz CT molecular complexity index is 1150. The lowest BCUT2D eigenvalue weighted by atomic mass is 9.80. The van der Waals surface area contributed by atoms with Crippen molar-refractivity contribution in [2.75, 3.05) is 6.61 Å². The van der Waals surface area contributed by atoms with Crippen LogP contribution in [0.5, 0.6) is 11.5 Å². The first-order valence-electron chi connectivity index (χ1n) is 11.0. The monoisotopic (exact) mass is 469 g/mol. The molecule has 1 N–H and O–H groups in total. The number of alkyl halides is 2. The van der Waals surface area contributed by atoms with Crippen LogP contribution in [0.2, 0.25) is 0 Å². The summed E-state index contributed by atoms with van der Waals surface area (Å²) in [5.41, 5.74) is 1.78. The van der Waals surface area contributed by atoms with Crippen molar-refractivity contribution in [3.8, 4) is 11.5 Å². The molecule has 1 atom stereocenters. The fourth-order valence-corrected chi connectivity index (χ4v) is 3.94. The van der Waals surface area contributed by atoms with Crippen molar-refractivity contribution < 1.29 is 23.0 Å². The number of tetrazole rings is 1. The third-order valence-electron chi connectivity index (χ3n) is 5.68. The maximum absolute atomic E-state index is 13.3. The highest BCUT2D eigenvalue weighted by Crippen LogP contribution is 2.40. The number of rotatable bonds is 9. The van der Waals surface area contributed by atoms with Gasteiger partial charge in [0.05, 0.1) is 12.1 Å². The number of ether oxygens (including phenoxy) is 2. The zero-order valence-corrected chi connectivity index (χ0v) is 18.9. The predicted octanol–water partition coefficient (Wildman–Crippen LogP) is 4.26. The first kappa shape index (κ1) is 23.3. The van der Waals surface area contributed by atoms with E-state index in [2.05, 4.69) is 32.5 Å². The second-order valence-electron chi connectivity index (χ2n) is 8.17. The predicted molar refractivity (Wildman–Crippen MR) is 121 cm³/mol. The van der Waals surface area contributed by atoms with E-state index in [1.165, 1.54) is 23.1 Å². The minimum Gasteiger partial charge on any atom is -0.494 e. The fourth-order valence-electron chi connectivity index (χ4n) is 3.94. The molecule has 10 heteroatoms. The second kappa shape index (κ2) is 9.98. The minimum atomic E-state index is -2.92. The van der Waals surface area contributed by atoms with Crippen LogP contribution in [0.15, 0.2) is 54.9 Å². The molecular weight excluding hydrogens is 444 g/mol. The van der Waals surface area contributed by atoms with E-state index in [1.807, 2.05) is 31.2 Å². The van der Waals surface area contributed by atoms with Gasteiger partial charge in [-0.25, -0.2) is 0 Å². The van der Waals surface area contributed by atoms with Gasteiger partial charge >= 0.3 is 6.61 Å². The summed E-state index contributed by atoms with van der Waals surface area (Å²) in [7, 11) is 0. The van der Waals surface area contributed by atoms with E-state index < -0.39 is 12.2 Å². The molecule has 2 heterocycles. The molecule has 0 aliphatic carbocycles. The SMILES string of the molecule is CCCCOc1ccc([C@]2(C)CC(c3ccc(OC(F)F)cc3)=C(n3cnnn3)C(=O)N2)cc1. The van der Waals surface area contributed by atoms with Crippen LogP contribution in [0.4, 0.5) is 8.78 Å². The number of nitrogens with zero attached hydrogens (tertiary/aromatic N) is 4. The number of unbranched alkanes of at least 4 members (excludes halogenated alkanes) is 1. The lowest BCUT2D eigenvalue weighted by Gasteiger charge is -2.37. The van der Waals surface area contributed by atoms with Crippen molar-refractivity contribution >= 4 is 17.2 Å². The third kappa shape index (κ3) is 5.05. The summed E-state index contributed by atoms with van der Waals surface area (Å²) in [6, 6.07) is 13.8. The van der Waals surface area contributed by atoms with Gasteiger partial charge in [-0.05, 0) is 64.7 Å². The number of carbonyl (C=O) groups is 1. The first-order chi connectivity index (χ1) is 16.4. The average Bonchev–Trinajstić information content (AvgIpc) is 3.34. The van der Waals surface area contributed by atoms with Gasteiger partial charge in [-0.15, -0.1) is 5.10 Å². The van der Waals surface area contributed by atoms with E-state index in [0.717, 1.165) is 24.2 Å². The van der Waals surface area contributed by atoms with Gasteiger partial charge in [0.1, 0.15) is 23.5 Å². The van der Waals surface area contributed by atoms with Crippen molar-refractivity contribution in [1.29, 1.82) is 0 Å². The summed E-state index contributed by atoms with van der Waals surface area (Å²) in [4.78, 5) is 13.3. The molecule has 1 aromatic heterocycles. The number of nitrogens with one attached hydrogen (secondary N) is 1. The molecule has 4 rings (SSSR count). The van der Waals surface area contributed by atoms with Crippen molar-refractivity contribution in [2.24, 2.45) is 0 Å². The quantitative estimate of drug-likeness (QED) is 0.471. The molecule has 3 aromatic rings. The number of hydrogen-bond acceptors (Lipinski definition) is 6. The number of amides is 1. The molecule has 0 spiro atoms. The summed E-state index contributed by atoms with van der Waals surface area (Å²) in [5.74, 6) is 0.444. The summed E-state index contributed by atoms with van der Waals surface area (Å²) >= 11 is 0. The van der Waals surface area contributed by atoms with Crippen LogP contribution in [0.3, 0.4) is 0 Å². The average molecular weight is 469 g/mol. The van der Waals surface area contributed by atoms with Crippen LogP contribution in [-0.4, -0.2) is 39.3 Å².